The number of likely N-dealkylation sites (N-methyl/N-ethyl adjacent to an activating group) is 1. The maximum Gasteiger partial charge on any atom is 0.220 e. The third kappa shape index (κ3) is 9.34. The minimum Gasteiger partial charge on any atom is -0.355 e. The molecule has 0 aliphatic carbocycles. The second-order valence-electron chi connectivity index (χ2n) is 4.44. The van der Waals surface area contributed by atoms with E-state index in [1.807, 2.05) is 0 Å². The highest BCUT2D eigenvalue weighted by Gasteiger charge is 2.14. The van der Waals surface area contributed by atoms with Crippen LogP contribution in [0.4, 0.5) is 0 Å². The van der Waals surface area contributed by atoms with Crippen LogP contribution in [0.2, 0.25) is 0 Å². The average molecular weight is 186 g/mol. The van der Waals surface area contributed by atoms with E-state index in [2.05, 4.69) is 38.3 Å². The van der Waals surface area contributed by atoms with E-state index in [1.54, 1.807) is 0 Å². The number of nitrogens with one attached hydrogen (secondary N) is 2. The summed E-state index contributed by atoms with van der Waals surface area (Å²) < 4.78 is 0. The SMILES string of the molecule is CCNCCNC(=O)CC(C)(C)C. The molecule has 0 aromatic heterocycles. The molecule has 0 heterocycles. The topological polar surface area (TPSA) is 41.1 Å². The van der Waals surface area contributed by atoms with Crippen LogP contribution < -0.4 is 10.6 Å². The van der Waals surface area contributed by atoms with Crippen molar-refractivity contribution in [2.24, 2.45) is 5.41 Å². The van der Waals surface area contributed by atoms with Crippen LogP contribution in [0.1, 0.15) is 34.1 Å². The maximum absolute atomic E-state index is 11.3. The van der Waals surface area contributed by atoms with E-state index < -0.39 is 0 Å². The summed E-state index contributed by atoms with van der Waals surface area (Å²) in [5, 5.41) is 6.02. The molecule has 0 unspecified atom stereocenters. The van der Waals surface area contributed by atoms with E-state index in [4.69, 9.17) is 0 Å². The highest BCUT2D eigenvalue weighted by molar-refractivity contribution is 5.76. The molecule has 13 heavy (non-hydrogen) atoms. The molecule has 0 rings (SSSR count). The third-order valence-electron chi connectivity index (χ3n) is 1.56. The molecule has 0 fully saturated rings. The van der Waals surface area contributed by atoms with Gasteiger partial charge in [0.2, 0.25) is 5.91 Å². The van der Waals surface area contributed by atoms with Crippen LogP contribution in [-0.2, 0) is 4.79 Å². The van der Waals surface area contributed by atoms with Crippen LogP contribution in [0.25, 0.3) is 0 Å². The Bertz CT molecular complexity index is 149. The van der Waals surface area contributed by atoms with Gasteiger partial charge >= 0.3 is 0 Å². The van der Waals surface area contributed by atoms with Gasteiger partial charge < -0.3 is 10.6 Å². The van der Waals surface area contributed by atoms with E-state index in [0.717, 1.165) is 19.6 Å². The lowest BCUT2D eigenvalue weighted by atomic mass is 9.92. The van der Waals surface area contributed by atoms with Crippen molar-refractivity contribution in [3.63, 3.8) is 0 Å². The average Bonchev–Trinajstić information content (AvgIpc) is 1.94. The first-order valence-corrected chi connectivity index (χ1v) is 4.93. The Morgan fingerprint density at radius 3 is 2.31 bits per heavy atom. The van der Waals surface area contributed by atoms with E-state index in [1.165, 1.54) is 0 Å². The summed E-state index contributed by atoms with van der Waals surface area (Å²) in [4.78, 5) is 11.3. The van der Waals surface area contributed by atoms with Crippen LogP contribution >= 0.6 is 0 Å². The lowest BCUT2D eigenvalue weighted by molar-refractivity contribution is -0.122. The molecular weight excluding hydrogens is 164 g/mol. The van der Waals surface area contributed by atoms with E-state index >= 15 is 0 Å². The molecule has 78 valence electrons. The Kier molecular flexibility index (Phi) is 5.71. The number of hydrogen-bond acceptors (Lipinski definition) is 2. The van der Waals surface area contributed by atoms with Crippen LogP contribution in [0.15, 0.2) is 0 Å². The fourth-order valence-electron chi connectivity index (χ4n) is 1.01. The first-order valence-electron chi connectivity index (χ1n) is 4.93. The first kappa shape index (κ1) is 12.4. The van der Waals surface area contributed by atoms with Gasteiger partial charge in [0.25, 0.3) is 0 Å². The molecule has 1 amide bonds. The van der Waals surface area contributed by atoms with Gasteiger partial charge in [-0.05, 0) is 12.0 Å². The Balaban J connectivity index is 3.41. The van der Waals surface area contributed by atoms with Crippen molar-refractivity contribution in [3.8, 4) is 0 Å². The Morgan fingerprint density at radius 2 is 1.85 bits per heavy atom. The van der Waals surface area contributed by atoms with E-state index in [-0.39, 0.29) is 11.3 Å². The van der Waals surface area contributed by atoms with Crippen molar-refractivity contribution in [3.05, 3.63) is 0 Å². The van der Waals surface area contributed by atoms with Crippen LogP contribution in [0.3, 0.4) is 0 Å². The highest BCUT2D eigenvalue weighted by atomic mass is 16.1. The van der Waals surface area contributed by atoms with Crippen LogP contribution in [0.5, 0.6) is 0 Å². The van der Waals surface area contributed by atoms with E-state index in [0.29, 0.717) is 6.42 Å². The quantitative estimate of drug-likeness (QED) is 0.632. The van der Waals surface area contributed by atoms with Crippen LogP contribution in [-0.4, -0.2) is 25.5 Å². The zero-order valence-corrected chi connectivity index (χ0v) is 9.24. The largest absolute Gasteiger partial charge is 0.355 e. The second-order valence-corrected chi connectivity index (χ2v) is 4.44. The summed E-state index contributed by atoms with van der Waals surface area (Å²) in [6.07, 6.45) is 0.596. The second kappa shape index (κ2) is 5.97. The molecule has 0 aromatic carbocycles. The molecule has 0 bridgehead atoms. The number of hydrogen-bond donors (Lipinski definition) is 2. The molecule has 3 heteroatoms. The van der Waals surface area contributed by atoms with Gasteiger partial charge in [-0.1, -0.05) is 27.7 Å². The van der Waals surface area contributed by atoms with Crippen molar-refractivity contribution >= 4 is 5.91 Å². The van der Waals surface area contributed by atoms with Gasteiger partial charge in [0.1, 0.15) is 0 Å². The fourth-order valence-corrected chi connectivity index (χ4v) is 1.01. The number of amides is 1. The molecule has 0 aliphatic rings. The molecule has 0 aromatic rings. The van der Waals surface area contributed by atoms with E-state index in [9.17, 15) is 4.79 Å². The van der Waals surface area contributed by atoms with Gasteiger partial charge in [0.15, 0.2) is 0 Å². The molecule has 0 saturated carbocycles. The van der Waals surface area contributed by atoms with Crippen molar-refractivity contribution in [1.82, 2.24) is 10.6 Å². The zero-order valence-electron chi connectivity index (χ0n) is 9.24. The van der Waals surface area contributed by atoms with Crippen molar-refractivity contribution in [1.29, 1.82) is 0 Å². The number of carbonyl (C=O) groups is 1. The first-order chi connectivity index (χ1) is 5.95. The van der Waals surface area contributed by atoms with Crippen molar-refractivity contribution in [2.45, 2.75) is 34.1 Å². The molecule has 0 atom stereocenters. The summed E-state index contributed by atoms with van der Waals surface area (Å²) in [5.41, 5.74) is 0.0856. The minimum absolute atomic E-state index is 0.0856. The van der Waals surface area contributed by atoms with Crippen LogP contribution in [0, 0.1) is 5.41 Å². The van der Waals surface area contributed by atoms with Gasteiger partial charge in [-0.15, -0.1) is 0 Å². The lowest BCUT2D eigenvalue weighted by Gasteiger charge is -2.17. The fraction of sp³-hybridized carbons (Fsp3) is 0.900. The summed E-state index contributed by atoms with van der Waals surface area (Å²) in [5.74, 6) is 0.144. The maximum atomic E-state index is 11.3. The lowest BCUT2D eigenvalue weighted by Crippen LogP contribution is -2.33. The predicted molar refractivity (Wildman–Crippen MR) is 55.6 cm³/mol. The summed E-state index contributed by atoms with van der Waals surface area (Å²) in [6.45, 7) is 10.8. The Labute approximate surface area is 81.3 Å². The van der Waals surface area contributed by atoms with Gasteiger partial charge in [-0.3, -0.25) is 4.79 Å². The normalized spacial score (nSPS) is 11.4. The summed E-state index contributed by atoms with van der Waals surface area (Å²) in [6, 6.07) is 0. The molecule has 0 spiro atoms. The highest BCUT2D eigenvalue weighted by Crippen LogP contribution is 2.17. The molecule has 0 saturated heterocycles. The number of rotatable bonds is 5. The molecule has 0 radical (unpaired) electrons. The monoisotopic (exact) mass is 186 g/mol. The van der Waals surface area contributed by atoms with Crippen molar-refractivity contribution in [2.75, 3.05) is 19.6 Å². The smallest absolute Gasteiger partial charge is 0.220 e. The predicted octanol–water partition coefficient (Wildman–Crippen LogP) is 1.15. The Hall–Kier alpha value is -0.570. The molecule has 0 aliphatic heterocycles. The third-order valence-corrected chi connectivity index (χ3v) is 1.56. The summed E-state index contributed by atoms with van der Waals surface area (Å²) in [7, 11) is 0. The zero-order chi connectivity index (χ0) is 10.3. The Morgan fingerprint density at radius 1 is 1.23 bits per heavy atom. The van der Waals surface area contributed by atoms with Gasteiger partial charge in [0, 0.05) is 19.5 Å². The van der Waals surface area contributed by atoms with Gasteiger partial charge in [0.05, 0.1) is 0 Å². The number of carbonyl (C=O) groups excluding carboxylic acids is 1. The molecular formula is C10H22N2O. The molecule has 3 nitrogen and oxygen atoms in total. The summed E-state index contributed by atoms with van der Waals surface area (Å²) >= 11 is 0. The molecule has 2 N–H and O–H groups in total. The standard InChI is InChI=1S/C10H22N2O/c1-5-11-6-7-12-9(13)8-10(2,3)4/h11H,5-8H2,1-4H3,(H,12,13). The van der Waals surface area contributed by atoms with Gasteiger partial charge in [-0.2, -0.15) is 0 Å². The van der Waals surface area contributed by atoms with Gasteiger partial charge in [-0.25, -0.2) is 0 Å². The minimum atomic E-state index is 0.0856. The van der Waals surface area contributed by atoms with Crippen molar-refractivity contribution < 1.29 is 4.79 Å².